The first kappa shape index (κ1) is 10.2. The molecule has 4 nitrogen and oxygen atoms in total. The number of rotatable bonds is 1. The number of carboxylic acid groups (broad SMARTS) is 1. The van der Waals surface area contributed by atoms with E-state index >= 15 is 0 Å². The van der Waals surface area contributed by atoms with Gasteiger partial charge in [0.15, 0.2) is 5.82 Å². The van der Waals surface area contributed by atoms with E-state index < -0.39 is 17.3 Å². The summed E-state index contributed by atoms with van der Waals surface area (Å²) in [5.74, 6) is 2.78. The maximum absolute atomic E-state index is 12.8. The molecule has 0 radical (unpaired) electrons. The molecule has 0 aromatic carbocycles. The first-order valence-electron chi connectivity index (χ1n) is 3.73. The van der Waals surface area contributed by atoms with Crippen molar-refractivity contribution in [3.8, 4) is 11.8 Å². The number of halogens is 1. The number of pyridine rings is 1. The zero-order valence-electron chi connectivity index (χ0n) is 7.12. The van der Waals surface area contributed by atoms with Crippen LogP contribution in [0.25, 0.3) is 0 Å². The smallest absolute Gasteiger partial charge is 0.338 e. The van der Waals surface area contributed by atoms with E-state index in [0.29, 0.717) is 0 Å². The molecule has 1 rings (SSSR count). The Morgan fingerprint density at radius 1 is 1.71 bits per heavy atom. The van der Waals surface area contributed by atoms with Gasteiger partial charge in [0.2, 0.25) is 0 Å². The van der Waals surface area contributed by atoms with E-state index in [2.05, 4.69) is 16.8 Å². The van der Waals surface area contributed by atoms with E-state index in [1.807, 2.05) is 0 Å². The second-order valence-electron chi connectivity index (χ2n) is 2.36. The van der Waals surface area contributed by atoms with Gasteiger partial charge >= 0.3 is 5.97 Å². The van der Waals surface area contributed by atoms with Gasteiger partial charge in [-0.15, -0.1) is 0 Å². The third-order valence-electron chi connectivity index (χ3n) is 1.40. The van der Waals surface area contributed by atoms with Crippen molar-refractivity contribution < 1.29 is 14.3 Å². The molecule has 3 N–H and O–H groups in total. The first-order valence-corrected chi connectivity index (χ1v) is 3.73. The minimum absolute atomic E-state index is 0.140. The van der Waals surface area contributed by atoms with Crippen molar-refractivity contribution in [1.82, 2.24) is 4.98 Å². The Hall–Kier alpha value is -1.93. The van der Waals surface area contributed by atoms with E-state index in [9.17, 15) is 9.18 Å². The number of nitrogens with two attached hydrogens (primary N) is 1. The summed E-state index contributed by atoms with van der Waals surface area (Å²) < 4.78 is 12.8. The Morgan fingerprint density at radius 2 is 2.43 bits per heavy atom. The Balaban J connectivity index is 3.13. The highest BCUT2D eigenvalue weighted by atomic mass is 19.1. The SMILES string of the molecule is NCC#Cc1cc(C(=O)O)c(F)cn1. The molecule has 1 aromatic rings. The molecule has 72 valence electrons. The highest BCUT2D eigenvalue weighted by Crippen LogP contribution is 2.06. The molecule has 0 bridgehead atoms. The minimum Gasteiger partial charge on any atom is -0.478 e. The lowest BCUT2D eigenvalue weighted by Crippen LogP contribution is -2.02. The first-order chi connectivity index (χ1) is 6.65. The molecular formula is C9H7FN2O2. The lowest BCUT2D eigenvalue weighted by atomic mass is 10.2. The van der Waals surface area contributed by atoms with Crippen LogP contribution in [-0.4, -0.2) is 22.6 Å². The van der Waals surface area contributed by atoms with Crippen molar-refractivity contribution in [3.63, 3.8) is 0 Å². The highest BCUT2D eigenvalue weighted by Gasteiger charge is 2.10. The lowest BCUT2D eigenvalue weighted by Gasteiger charge is -1.96. The fourth-order valence-corrected chi connectivity index (χ4v) is 0.813. The summed E-state index contributed by atoms with van der Waals surface area (Å²) in [7, 11) is 0. The molecule has 0 aliphatic rings. The van der Waals surface area contributed by atoms with Crippen molar-refractivity contribution in [2.45, 2.75) is 0 Å². The van der Waals surface area contributed by atoms with Crippen molar-refractivity contribution in [1.29, 1.82) is 0 Å². The zero-order chi connectivity index (χ0) is 10.6. The lowest BCUT2D eigenvalue weighted by molar-refractivity contribution is 0.0691. The van der Waals surface area contributed by atoms with Crippen molar-refractivity contribution in [2.75, 3.05) is 6.54 Å². The maximum atomic E-state index is 12.8. The van der Waals surface area contributed by atoms with E-state index in [1.165, 1.54) is 0 Å². The number of hydrogen-bond donors (Lipinski definition) is 2. The van der Waals surface area contributed by atoms with Gasteiger partial charge in [-0.1, -0.05) is 5.92 Å². The third-order valence-corrected chi connectivity index (χ3v) is 1.40. The summed E-state index contributed by atoms with van der Waals surface area (Å²) in [4.78, 5) is 14.1. The molecule has 1 heterocycles. The highest BCUT2D eigenvalue weighted by molar-refractivity contribution is 5.88. The van der Waals surface area contributed by atoms with Crippen LogP contribution in [0.1, 0.15) is 16.1 Å². The van der Waals surface area contributed by atoms with Gasteiger partial charge in [-0.2, -0.15) is 0 Å². The van der Waals surface area contributed by atoms with Gasteiger partial charge in [0.25, 0.3) is 0 Å². The van der Waals surface area contributed by atoms with Gasteiger partial charge in [0, 0.05) is 0 Å². The largest absolute Gasteiger partial charge is 0.478 e. The summed E-state index contributed by atoms with van der Waals surface area (Å²) in [5.41, 5.74) is 4.86. The average molecular weight is 194 g/mol. The topological polar surface area (TPSA) is 76.2 Å². The molecule has 0 amide bonds. The molecule has 0 aliphatic carbocycles. The molecule has 0 saturated carbocycles. The van der Waals surface area contributed by atoms with Gasteiger partial charge in [0.05, 0.1) is 18.3 Å². The van der Waals surface area contributed by atoms with Crippen LogP contribution >= 0.6 is 0 Å². The monoisotopic (exact) mass is 194 g/mol. The molecule has 1 aromatic heterocycles. The molecule has 0 saturated heterocycles. The van der Waals surface area contributed by atoms with E-state index in [1.54, 1.807) is 0 Å². The van der Waals surface area contributed by atoms with Crippen LogP contribution in [0, 0.1) is 17.7 Å². The summed E-state index contributed by atoms with van der Waals surface area (Å²) in [5, 5.41) is 8.57. The predicted octanol–water partition coefficient (Wildman–Crippen LogP) is 0.229. The standard InChI is InChI=1S/C9H7FN2O2/c10-8-5-12-6(2-1-3-11)4-7(8)9(13)14/h4-5H,3,11H2,(H,13,14). The van der Waals surface area contributed by atoms with E-state index in [4.69, 9.17) is 10.8 Å². The third kappa shape index (κ3) is 2.28. The molecule has 0 fully saturated rings. The number of aromatic nitrogens is 1. The average Bonchev–Trinajstić information content (AvgIpc) is 2.16. The fraction of sp³-hybridized carbons (Fsp3) is 0.111. The summed E-state index contributed by atoms with van der Waals surface area (Å²) >= 11 is 0. The Bertz CT molecular complexity index is 421. The predicted molar refractivity (Wildman–Crippen MR) is 47.1 cm³/mol. The molecule has 14 heavy (non-hydrogen) atoms. The molecule has 0 aliphatic heterocycles. The van der Waals surface area contributed by atoms with E-state index in [0.717, 1.165) is 12.3 Å². The number of nitrogens with zero attached hydrogens (tertiary/aromatic N) is 1. The minimum atomic E-state index is -1.35. The van der Waals surface area contributed by atoms with Crippen molar-refractivity contribution in [3.05, 3.63) is 29.3 Å². The number of carboxylic acids is 1. The van der Waals surface area contributed by atoms with Crippen molar-refractivity contribution >= 4 is 5.97 Å². The van der Waals surface area contributed by atoms with Gasteiger partial charge in [-0.3, -0.25) is 0 Å². The normalized spacial score (nSPS) is 9.00. The zero-order valence-corrected chi connectivity index (χ0v) is 7.12. The molecular weight excluding hydrogens is 187 g/mol. The molecule has 0 spiro atoms. The number of aromatic carboxylic acids is 1. The van der Waals surface area contributed by atoms with Crippen LogP contribution in [0.2, 0.25) is 0 Å². The number of hydrogen-bond acceptors (Lipinski definition) is 3. The Kier molecular flexibility index (Phi) is 3.15. The van der Waals surface area contributed by atoms with Crippen LogP contribution in [-0.2, 0) is 0 Å². The molecule has 5 heteroatoms. The van der Waals surface area contributed by atoms with Gasteiger partial charge < -0.3 is 10.8 Å². The van der Waals surface area contributed by atoms with Gasteiger partial charge in [0.1, 0.15) is 5.69 Å². The van der Waals surface area contributed by atoms with Gasteiger partial charge in [-0.05, 0) is 12.0 Å². The molecule has 0 atom stereocenters. The van der Waals surface area contributed by atoms with Crippen molar-refractivity contribution in [2.24, 2.45) is 5.73 Å². The quantitative estimate of drug-likeness (QED) is 0.627. The van der Waals surface area contributed by atoms with Crippen LogP contribution < -0.4 is 5.73 Å². The van der Waals surface area contributed by atoms with Gasteiger partial charge in [-0.25, -0.2) is 14.2 Å². The molecule has 0 unspecified atom stereocenters. The second kappa shape index (κ2) is 4.35. The fourth-order valence-electron chi connectivity index (χ4n) is 0.813. The van der Waals surface area contributed by atoms with Crippen LogP contribution in [0.3, 0.4) is 0 Å². The number of carbonyl (C=O) groups is 1. The summed E-state index contributed by atoms with van der Waals surface area (Å²) in [6, 6.07) is 1.07. The Labute approximate surface area is 79.6 Å². The van der Waals surface area contributed by atoms with Crippen LogP contribution in [0.15, 0.2) is 12.3 Å². The second-order valence-corrected chi connectivity index (χ2v) is 2.36. The van der Waals surface area contributed by atoms with Crippen LogP contribution in [0.5, 0.6) is 0 Å². The van der Waals surface area contributed by atoms with E-state index in [-0.39, 0.29) is 12.2 Å². The summed E-state index contributed by atoms with van der Waals surface area (Å²) in [6.45, 7) is 0.140. The Morgan fingerprint density at radius 3 is 3.00 bits per heavy atom. The summed E-state index contributed by atoms with van der Waals surface area (Å²) in [6.07, 6.45) is 0.823. The van der Waals surface area contributed by atoms with Crippen LogP contribution in [0.4, 0.5) is 4.39 Å². The maximum Gasteiger partial charge on any atom is 0.338 e.